The Morgan fingerprint density at radius 3 is 2.32 bits per heavy atom. The van der Waals surface area contributed by atoms with Crippen LogP contribution in [-0.4, -0.2) is 28.3 Å². The lowest BCUT2D eigenvalue weighted by molar-refractivity contribution is -0.126. The molecule has 4 rings (SSSR count). The second-order valence-corrected chi connectivity index (χ2v) is 7.65. The third kappa shape index (κ3) is 2.31. The summed E-state index contributed by atoms with van der Waals surface area (Å²) in [6, 6.07) is 19.3. The molecule has 1 heterocycles. The topological polar surface area (TPSA) is 55.8 Å². The largest absolute Gasteiger partial charge is 0.449 e. The summed E-state index contributed by atoms with van der Waals surface area (Å²) in [7, 11) is 0. The molecule has 0 bridgehead atoms. The first kappa shape index (κ1) is 18.8. The van der Waals surface area contributed by atoms with Crippen molar-refractivity contribution in [1.82, 2.24) is 4.31 Å². The van der Waals surface area contributed by atoms with E-state index in [0.29, 0.717) is 5.57 Å². The van der Waals surface area contributed by atoms with Gasteiger partial charge in [-0.2, -0.15) is 0 Å². The molecule has 0 saturated carbocycles. The molecule has 1 saturated heterocycles. The van der Waals surface area contributed by atoms with Crippen molar-refractivity contribution in [2.45, 2.75) is 31.9 Å². The van der Waals surface area contributed by atoms with E-state index in [1.165, 1.54) is 4.31 Å². The molecule has 144 valence electrons. The number of amides is 1. The molecule has 0 aromatic heterocycles. The first-order valence-electron chi connectivity index (χ1n) is 9.18. The van der Waals surface area contributed by atoms with E-state index in [2.05, 4.69) is 0 Å². The van der Waals surface area contributed by atoms with Gasteiger partial charge in [-0.25, -0.2) is 9.10 Å². The standard InChI is InChI=1S/C22H21NO4S/c1-4-26-20(25)23-21(3)19(24)15(2)18(16-11-7-5-8-12-16)22(21,27-28-23)17-13-9-6-10-14-17/h5-14H,4H2,1-3H3/t21-,22+/m0/s1. The number of rotatable bonds is 3. The molecule has 1 aliphatic carbocycles. The summed E-state index contributed by atoms with van der Waals surface area (Å²) in [6.07, 6.45) is -0.580. The van der Waals surface area contributed by atoms with Gasteiger partial charge >= 0.3 is 6.09 Å². The molecule has 0 radical (unpaired) electrons. The lowest BCUT2D eigenvalue weighted by atomic mass is 9.73. The molecule has 5 nitrogen and oxygen atoms in total. The van der Waals surface area contributed by atoms with Crippen LogP contribution >= 0.6 is 12.2 Å². The van der Waals surface area contributed by atoms with Crippen molar-refractivity contribution in [3.8, 4) is 0 Å². The SMILES string of the molecule is CCOC(=O)N1SO[C@]2(c3ccccc3)C(c3ccccc3)=C(C)C(=O)[C@]12C. The molecular weight excluding hydrogens is 374 g/mol. The fourth-order valence-corrected chi connectivity index (χ4v) is 5.24. The van der Waals surface area contributed by atoms with Crippen LogP contribution in [0.25, 0.3) is 5.57 Å². The maximum Gasteiger partial charge on any atom is 0.422 e. The summed E-state index contributed by atoms with van der Waals surface area (Å²) < 4.78 is 12.9. The molecular formula is C22H21NO4S. The highest BCUT2D eigenvalue weighted by Gasteiger charge is 2.72. The van der Waals surface area contributed by atoms with E-state index >= 15 is 0 Å². The fraction of sp³-hybridized carbons (Fsp3) is 0.273. The number of hydrogen-bond donors (Lipinski definition) is 0. The lowest BCUT2D eigenvalue weighted by Gasteiger charge is -2.38. The van der Waals surface area contributed by atoms with Crippen molar-refractivity contribution in [3.05, 3.63) is 77.4 Å². The van der Waals surface area contributed by atoms with E-state index in [-0.39, 0.29) is 12.4 Å². The maximum absolute atomic E-state index is 13.6. The van der Waals surface area contributed by atoms with Crippen molar-refractivity contribution in [1.29, 1.82) is 0 Å². The van der Waals surface area contributed by atoms with Crippen molar-refractivity contribution in [2.75, 3.05) is 6.61 Å². The second-order valence-electron chi connectivity index (χ2n) is 6.97. The van der Waals surface area contributed by atoms with Crippen LogP contribution in [-0.2, 0) is 19.3 Å². The summed E-state index contributed by atoms with van der Waals surface area (Å²) in [5.74, 6) is -0.145. The van der Waals surface area contributed by atoms with E-state index in [4.69, 9.17) is 8.92 Å². The minimum atomic E-state index is -1.26. The molecule has 2 atom stereocenters. The van der Waals surface area contributed by atoms with Gasteiger partial charge in [0.05, 0.1) is 6.61 Å². The average Bonchev–Trinajstić information content (AvgIpc) is 3.11. The number of Topliss-reactive ketones (excluding diaryl/α,β-unsaturated/α-hetero) is 1. The van der Waals surface area contributed by atoms with E-state index in [9.17, 15) is 9.59 Å². The molecule has 1 fully saturated rings. The molecule has 0 unspecified atom stereocenters. The predicted molar refractivity (Wildman–Crippen MR) is 108 cm³/mol. The first-order valence-corrected chi connectivity index (χ1v) is 9.88. The quantitative estimate of drug-likeness (QED) is 0.555. The number of benzene rings is 2. The number of carbonyl (C=O) groups excluding carboxylic acids is 2. The summed E-state index contributed by atoms with van der Waals surface area (Å²) in [5, 5.41) is 0. The average molecular weight is 395 g/mol. The molecule has 2 aromatic carbocycles. The van der Waals surface area contributed by atoms with E-state index in [0.717, 1.165) is 28.9 Å². The van der Waals surface area contributed by atoms with Gasteiger partial charge in [0, 0.05) is 11.1 Å². The Balaban J connectivity index is 1.99. The Kier molecular flexibility index (Phi) is 4.56. The molecule has 28 heavy (non-hydrogen) atoms. The van der Waals surface area contributed by atoms with Gasteiger partial charge < -0.3 is 4.74 Å². The number of nitrogens with zero attached hydrogens (tertiary/aromatic N) is 1. The Labute approximate surface area is 168 Å². The minimum absolute atomic E-state index is 0.145. The molecule has 2 aromatic rings. The van der Waals surface area contributed by atoms with Crippen molar-refractivity contribution in [3.63, 3.8) is 0 Å². The van der Waals surface area contributed by atoms with Crippen LogP contribution < -0.4 is 0 Å². The number of fused-ring (bicyclic) bond motifs is 1. The first-order chi connectivity index (χ1) is 13.5. The van der Waals surface area contributed by atoms with Gasteiger partial charge in [0.1, 0.15) is 12.2 Å². The van der Waals surface area contributed by atoms with Gasteiger partial charge in [-0.1, -0.05) is 60.7 Å². The van der Waals surface area contributed by atoms with E-state index in [1.54, 1.807) is 20.8 Å². The minimum Gasteiger partial charge on any atom is -0.449 e. The lowest BCUT2D eigenvalue weighted by Crippen LogP contribution is -2.57. The van der Waals surface area contributed by atoms with Crippen LogP contribution in [0.1, 0.15) is 31.9 Å². The Hall–Kier alpha value is -2.57. The zero-order valence-corrected chi connectivity index (χ0v) is 16.8. The van der Waals surface area contributed by atoms with E-state index in [1.807, 2.05) is 60.7 Å². The summed E-state index contributed by atoms with van der Waals surface area (Å²) in [6.45, 7) is 5.52. The highest BCUT2D eigenvalue weighted by Crippen LogP contribution is 2.64. The molecule has 1 aliphatic heterocycles. The number of carbonyl (C=O) groups is 2. The van der Waals surface area contributed by atoms with Gasteiger partial charge in [0.25, 0.3) is 0 Å². The third-order valence-corrected chi connectivity index (χ3v) is 6.50. The molecule has 1 amide bonds. The molecule has 6 heteroatoms. The van der Waals surface area contributed by atoms with Crippen LogP contribution in [0, 0.1) is 0 Å². The normalized spacial score (nSPS) is 26.5. The van der Waals surface area contributed by atoms with Crippen molar-refractivity contribution in [2.24, 2.45) is 0 Å². The molecule has 0 spiro atoms. The van der Waals surface area contributed by atoms with Crippen LogP contribution in [0.3, 0.4) is 0 Å². The smallest absolute Gasteiger partial charge is 0.422 e. The highest BCUT2D eigenvalue weighted by atomic mass is 32.2. The summed E-state index contributed by atoms with van der Waals surface area (Å²) >= 11 is 0.883. The second kappa shape index (κ2) is 6.79. The number of ketones is 1. The van der Waals surface area contributed by atoms with E-state index < -0.39 is 17.2 Å². The predicted octanol–water partition coefficient (Wildman–Crippen LogP) is 4.75. The fourth-order valence-electron chi connectivity index (χ4n) is 4.24. The summed E-state index contributed by atoms with van der Waals surface area (Å²) in [5.41, 5.74) is 0.695. The zero-order chi connectivity index (χ0) is 19.9. The van der Waals surface area contributed by atoms with Gasteiger partial charge in [0.15, 0.2) is 16.9 Å². The maximum atomic E-state index is 13.6. The Bertz CT molecular complexity index is 959. The van der Waals surface area contributed by atoms with Crippen LogP contribution in [0.2, 0.25) is 0 Å². The third-order valence-electron chi connectivity index (χ3n) is 5.51. The van der Waals surface area contributed by atoms with Crippen LogP contribution in [0.15, 0.2) is 66.2 Å². The van der Waals surface area contributed by atoms with Gasteiger partial charge in [-0.05, 0) is 31.9 Å². The highest BCUT2D eigenvalue weighted by molar-refractivity contribution is 7.93. The van der Waals surface area contributed by atoms with Gasteiger partial charge in [0.2, 0.25) is 0 Å². The van der Waals surface area contributed by atoms with Crippen molar-refractivity contribution >= 4 is 29.7 Å². The van der Waals surface area contributed by atoms with Crippen LogP contribution in [0.5, 0.6) is 0 Å². The monoisotopic (exact) mass is 395 g/mol. The van der Waals surface area contributed by atoms with Gasteiger partial charge in [-0.3, -0.25) is 8.98 Å². The van der Waals surface area contributed by atoms with Gasteiger partial charge in [-0.15, -0.1) is 0 Å². The molecule has 2 aliphatic rings. The Morgan fingerprint density at radius 2 is 1.71 bits per heavy atom. The molecule has 0 N–H and O–H groups in total. The number of ether oxygens (including phenoxy) is 1. The zero-order valence-electron chi connectivity index (χ0n) is 16.0. The van der Waals surface area contributed by atoms with Crippen LogP contribution in [0.4, 0.5) is 4.79 Å². The summed E-state index contributed by atoms with van der Waals surface area (Å²) in [4.78, 5) is 26.3. The van der Waals surface area contributed by atoms with Crippen molar-refractivity contribution < 1.29 is 18.5 Å². The number of hydrogen-bond acceptors (Lipinski definition) is 5. The Morgan fingerprint density at radius 1 is 1.11 bits per heavy atom.